The summed E-state index contributed by atoms with van der Waals surface area (Å²) in [7, 11) is 0. The zero-order valence-electron chi connectivity index (χ0n) is 8.95. The fraction of sp³-hybridized carbons (Fsp3) is 0.200. The van der Waals surface area contributed by atoms with Gasteiger partial charge in [-0.15, -0.1) is 11.3 Å². The summed E-state index contributed by atoms with van der Waals surface area (Å²) in [5.41, 5.74) is 6.12. The second-order valence-electron chi connectivity index (χ2n) is 3.43. The third-order valence-corrected chi connectivity index (χ3v) is 3.92. The molecule has 0 amide bonds. The Kier molecular flexibility index (Phi) is 3.71. The lowest BCUT2D eigenvalue weighted by atomic mass is 10.2. The lowest BCUT2D eigenvalue weighted by Gasteiger charge is -2.14. The summed E-state index contributed by atoms with van der Waals surface area (Å²) in [6.07, 6.45) is 1.37. The summed E-state index contributed by atoms with van der Waals surface area (Å²) in [5.74, 6) is 0.530. The van der Waals surface area contributed by atoms with E-state index in [9.17, 15) is 0 Å². The highest BCUT2D eigenvalue weighted by Gasteiger charge is 2.12. The fourth-order valence-electron chi connectivity index (χ4n) is 1.33. The molecule has 0 radical (unpaired) electrons. The molecule has 1 atom stereocenters. The predicted molar refractivity (Wildman–Crippen MR) is 72.8 cm³/mol. The van der Waals surface area contributed by atoms with Gasteiger partial charge >= 0.3 is 0 Å². The minimum Gasteiger partial charge on any atom is -0.393 e. The Bertz CT molecular complexity index is 529. The zero-order chi connectivity index (χ0) is 12.4. The second-order valence-corrected chi connectivity index (χ2v) is 5.54. The third-order valence-electron chi connectivity index (χ3n) is 2.21. The summed E-state index contributed by atoms with van der Waals surface area (Å²) < 4.78 is 0.752. The fourth-order valence-corrected chi connectivity index (χ4v) is 2.52. The first-order valence-corrected chi connectivity index (χ1v) is 6.43. The average molecular weight is 289 g/mol. The number of nitrogens with zero attached hydrogens (tertiary/aromatic N) is 2. The minimum atomic E-state index is 0.0563. The molecule has 0 aliphatic heterocycles. The van der Waals surface area contributed by atoms with Crippen LogP contribution in [0.15, 0.2) is 18.5 Å². The number of rotatable bonds is 3. The van der Waals surface area contributed by atoms with Crippen molar-refractivity contribution in [3.8, 4) is 0 Å². The predicted octanol–water partition coefficient (Wildman–Crippen LogP) is 3.60. The molecular formula is C10H10Cl2N4S. The molecule has 2 aromatic rings. The highest BCUT2D eigenvalue weighted by atomic mass is 35.5. The molecule has 3 N–H and O–H groups in total. The van der Waals surface area contributed by atoms with Gasteiger partial charge in [0.25, 0.3) is 0 Å². The average Bonchev–Trinajstić information content (AvgIpc) is 2.72. The molecule has 2 aromatic heterocycles. The number of thiophene rings is 1. The van der Waals surface area contributed by atoms with Crippen LogP contribution in [0.3, 0.4) is 0 Å². The molecule has 0 fully saturated rings. The molecule has 0 aliphatic carbocycles. The molecule has 2 heterocycles. The van der Waals surface area contributed by atoms with Crippen LogP contribution in [0.4, 0.5) is 11.5 Å². The Hall–Kier alpha value is -1.04. The van der Waals surface area contributed by atoms with E-state index >= 15 is 0 Å². The number of nitrogens with two attached hydrogens (primary N) is 1. The van der Waals surface area contributed by atoms with E-state index in [1.165, 1.54) is 17.7 Å². The van der Waals surface area contributed by atoms with Gasteiger partial charge in [-0.05, 0) is 19.1 Å². The van der Waals surface area contributed by atoms with Gasteiger partial charge in [-0.25, -0.2) is 9.97 Å². The molecule has 0 aromatic carbocycles. The standard InChI is InChI=1S/C10H10Cl2N4S/c1-5(6-2-3-7(11)17-6)16-10-8(13)9(12)14-4-15-10/h2-5H,13H2,1H3,(H,14,15,16). The number of aromatic nitrogens is 2. The van der Waals surface area contributed by atoms with Gasteiger partial charge in [0.05, 0.1) is 10.4 Å². The van der Waals surface area contributed by atoms with Crippen LogP contribution >= 0.6 is 34.5 Å². The summed E-state index contributed by atoms with van der Waals surface area (Å²) in [5, 5.41) is 3.42. The van der Waals surface area contributed by atoms with Crippen molar-refractivity contribution in [1.82, 2.24) is 9.97 Å². The first kappa shape index (κ1) is 12.4. The van der Waals surface area contributed by atoms with Gasteiger partial charge in [-0.1, -0.05) is 23.2 Å². The summed E-state index contributed by atoms with van der Waals surface area (Å²) in [6, 6.07) is 3.88. The number of halogens is 2. The second kappa shape index (κ2) is 5.08. The van der Waals surface area contributed by atoms with Crippen molar-refractivity contribution >= 4 is 46.0 Å². The number of nitrogens with one attached hydrogen (secondary N) is 1. The zero-order valence-corrected chi connectivity index (χ0v) is 11.3. The van der Waals surface area contributed by atoms with Crippen LogP contribution in [-0.4, -0.2) is 9.97 Å². The Morgan fingerprint density at radius 2 is 2.12 bits per heavy atom. The van der Waals surface area contributed by atoms with Crippen LogP contribution in [0.1, 0.15) is 17.8 Å². The van der Waals surface area contributed by atoms with Crippen LogP contribution in [0, 0.1) is 0 Å². The summed E-state index contributed by atoms with van der Waals surface area (Å²) in [4.78, 5) is 8.95. The molecule has 0 saturated carbocycles. The lowest BCUT2D eigenvalue weighted by Crippen LogP contribution is -2.09. The SMILES string of the molecule is CC(Nc1ncnc(Cl)c1N)c1ccc(Cl)s1. The van der Waals surface area contributed by atoms with Crippen LogP contribution in [0.25, 0.3) is 0 Å². The molecule has 0 saturated heterocycles. The summed E-state index contributed by atoms with van der Waals surface area (Å²) in [6.45, 7) is 2.00. The molecule has 0 bridgehead atoms. The maximum atomic E-state index is 5.88. The molecule has 0 aliphatic rings. The Balaban J connectivity index is 2.18. The summed E-state index contributed by atoms with van der Waals surface area (Å²) >= 11 is 13.2. The quantitative estimate of drug-likeness (QED) is 0.847. The van der Waals surface area contributed by atoms with Crippen molar-refractivity contribution < 1.29 is 0 Å². The van der Waals surface area contributed by atoms with E-state index in [0.717, 1.165) is 9.21 Å². The van der Waals surface area contributed by atoms with Gasteiger partial charge in [0.2, 0.25) is 0 Å². The van der Waals surface area contributed by atoms with E-state index in [2.05, 4.69) is 15.3 Å². The molecule has 4 nitrogen and oxygen atoms in total. The first-order valence-electron chi connectivity index (χ1n) is 4.85. The maximum absolute atomic E-state index is 5.88. The Morgan fingerprint density at radius 1 is 1.35 bits per heavy atom. The van der Waals surface area contributed by atoms with Gasteiger partial charge in [0, 0.05) is 4.88 Å². The van der Waals surface area contributed by atoms with Gasteiger partial charge in [0.1, 0.15) is 12.0 Å². The van der Waals surface area contributed by atoms with E-state index < -0.39 is 0 Å². The molecule has 90 valence electrons. The van der Waals surface area contributed by atoms with E-state index in [4.69, 9.17) is 28.9 Å². The normalized spacial score (nSPS) is 12.4. The molecule has 0 spiro atoms. The van der Waals surface area contributed by atoms with Gasteiger partial charge in [-0.3, -0.25) is 0 Å². The maximum Gasteiger partial charge on any atom is 0.157 e. The van der Waals surface area contributed by atoms with E-state index in [0.29, 0.717) is 11.5 Å². The topological polar surface area (TPSA) is 63.8 Å². The van der Waals surface area contributed by atoms with Gasteiger partial charge in [0.15, 0.2) is 11.0 Å². The van der Waals surface area contributed by atoms with Crippen molar-refractivity contribution in [3.05, 3.63) is 32.8 Å². The van der Waals surface area contributed by atoms with Gasteiger partial charge < -0.3 is 11.1 Å². The lowest BCUT2D eigenvalue weighted by molar-refractivity contribution is 0.894. The Morgan fingerprint density at radius 3 is 2.76 bits per heavy atom. The van der Waals surface area contributed by atoms with E-state index in [1.807, 2.05) is 19.1 Å². The van der Waals surface area contributed by atoms with Crippen LogP contribution < -0.4 is 11.1 Å². The molecule has 1 unspecified atom stereocenters. The van der Waals surface area contributed by atoms with Crippen LogP contribution in [0.5, 0.6) is 0 Å². The number of nitrogen functional groups attached to an aromatic ring is 1. The third kappa shape index (κ3) is 2.80. The van der Waals surface area contributed by atoms with E-state index in [-0.39, 0.29) is 11.2 Å². The Labute approximate surface area is 113 Å². The van der Waals surface area contributed by atoms with Gasteiger partial charge in [-0.2, -0.15) is 0 Å². The van der Waals surface area contributed by atoms with E-state index in [1.54, 1.807) is 0 Å². The smallest absolute Gasteiger partial charge is 0.157 e. The van der Waals surface area contributed by atoms with Crippen molar-refractivity contribution in [1.29, 1.82) is 0 Å². The van der Waals surface area contributed by atoms with Crippen LogP contribution in [0.2, 0.25) is 9.49 Å². The van der Waals surface area contributed by atoms with Crippen LogP contribution in [-0.2, 0) is 0 Å². The first-order chi connectivity index (χ1) is 8.08. The molecule has 7 heteroatoms. The van der Waals surface area contributed by atoms with Crippen molar-refractivity contribution in [2.24, 2.45) is 0 Å². The van der Waals surface area contributed by atoms with Crippen molar-refractivity contribution in [2.45, 2.75) is 13.0 Å². The number of hydrogen-bond acceptors (Lipinski definition) is 5. The minimum absolute atomic E-state index is 0.0563. The van der Waals surface area contributed by atoms with Crippen molar-refractivity contribution in [2.75, 3.05) is 11.1 Å². The highest BCUT2D eigenvalue weighted by molar-refractivity contribution is 7.16. The largest absolute Gasteiger partial charge is 0.393 e. The molecular weight excluding hydrogens is 279 g/mol. The number of anilines is 2. The number of hydrogen-bond donors (Lipinski definition) is 2. The van der Waals surface area contributed by atoms with Crippen molar-refractivity contribution in [3.63, 3.8) is 0 Å². The monoisotopic (exact) mass is 288 g/mol. The molecule has 2 rings (SSSR count). The highest BCUT2D eigenvalue weighted by Crippen LogP contribution is 2.30. The molecule has 17 heavy (non-hydrogen) atoms.